The standard InChI is InChI=1S/C56H98O6/c1-4-7-10-13-16-19-22-25-26-27-28-29-30-32-34-37-40-43-46-49-55(58)61-52-53(51-60-54(57)48-45-42-39-36-33-24-21-18-15-12-9-6-3)62-56(59)50-47-44-41-38-35-31-23-20-17-14-11-8-5-2/h7,10,16,19,25-26,28-29,32,34,53H,4-6,8-9,11-15,17-18,20-24,27,30-31,33,35-52H2,1-3H3/b10-7-,19-16-,26-25-,29-28-,34-32-/t53-/m0/s1. The first kappa shape index (κ1) is 59.1. The maximum Gasteiger partial charge on any atom is 0.306 e. The fourth-order valence-electron chi connectivity index (χ4n) is 7.35. The lowest BCUT2D eigenvalue weighted by Gasteiger charge is -2.18. The van der Waals surface area contributed by atoms with Crippen LogP contribution in [0.3, 0.4) is 0 Å². The van der Waals surface area contributed by atoms with Gasteiger partial charge in [0, 0.05) is 19.3 Å². The van der Waals surface area contributed by atoms with Crippen LogP contribution in [0.15, 0.2) is 60.8 Å². The third kappa shape index (κ3) is 48.1. The van der Waals surface area contributed by atoms with Gasteiger partial charge in [0.15, 0.2) is 6.10 Å². The fraction of sp³-hybridized carbons (Fsp3) is 0.768. The Morgan fingerprint density at radius 1 is 0.339 bits per heavy atom. The van der Waals surface area contributed by atoms with Gasteiger partial charge in [0.1, 0.15) is 13.2 Å². The monoisotopic (exact) mass is 867 g/mol. The van der Waals surface area contributed by atoms with E-state index >= 15 is 0 Å². The molecule has 0 bridgehead atoms. The lowest BCUT2D eigenvalue weighted by molar-refractivity contribution is -0.167. The van der Waals surface area contributed by atoms with Crippen molar-refractivity contribution in [2.75, 3.05) is 13.2 Å². The van der Waals surface area contributed by atoms with Gasteiger partial charge >= 0.3 is 17.9 Å². The van der Waals surface area contributed by atoms with Gasteiger partial charge in [0.2, 0.25) is 0 Å². The normalized spacial score (nSPS) is 12.5. The molecule has 0 aliphatic rings. The van der Waals surface area contributed by atoms with E-state index in [-0.39, 0.29) is 31.1 Å². The molecule has 62 heavy (non-hydrogen) atoms. The first-order chi connectivity index (χ1) is 30.5. The molecule has 0 aliphatic carbocycles. The predicted molar refractivity (Wildman–Crippen MR) is 265 cm³/mol. The maximum absolute atomic E-state index is 12.8. The highest BCUT2D eigenvalue weighted by Gasteiger charge is 2.19. The number of rotatable bonds is 47. The Labute approximate surface area is 383 Å². The Bertz CT molecular complexity index is 1130. The zero-order valence-electron chi connectivity index (χ0n) is 40.9. The summed E-state index contributed by atoms with van der Waals surface area (Å²) in [6.07, 6.45) is 62.0. The van der Waals surface area contributed by atoms with Crippen molar-refractivity contribution < 1.29 is 28.6 Å². The second-order valence-corrected chi connectivity index (χ2v) is 17.4. The van der Waals surface area contributed by atoms with Crippen LogP contribution in [0.4, 0.5) is 0 Å². The van der Waals surface area contributed by atoms with Crippen LogP contribution in [-0.4, -0.2) is 37.2 Å². The van der Waals surface area contributed by atoms with Crippen LogP contribution in [0.5, 0.6) is 0 Å². The summed E-state index contributed by atoms with van der Waals surface area (Å²) in [6, 6.07) is 0. The van der Waals surface area contributed by atoms with Gasteiger partial charge in [-0.15, -0.1) is 0 Å². The molecule has 0 aliphatic heterocycles. The van der Waals surface area contributed by atoms with Crippen molar-refractivity contribution in [2.24, 2.45) is 0 Å². The van der Waals surface area contributed by atoms with Crippen molar-refractivity contribution in [1.82, 2.24) is 0 Å². The lowest BCUT2D eigenvalue weighted by atomic mass is 10.0. The Morgan fingerprint density at radius 2 is 0.629 bits per heavy atom. The largest absolute Gasteiger partial charge is 0.462 e. The number of esters is 3. The van der Waals surface area contributed by atoms with E-state index < -0.39 is 6.10 Å². The Balaban J connectivity index is 4.40. The minimum Gasteiger partial charge on any atom is -0.462 e. The lowest BCUT2D eigenvalue weighted by Crippen LogP contribution is -2.30. The van der Waals surface area contributed by atoms with E-state index in [2.05, 4.69) is 81.5 Å². The van der Waals surface area contributed by atoms with Gasteiger partial charge in [0.05, 0.1) is 0 Å². The quantitative estimate of drug-likeness (QED) is 0.0262. The molecule has 0 heterocycles. The number of allylic oxidation sites excluding steroid dienone is 10. The molecule has 0 aromatic heterocycles. The minimum absolute atomic E-state index is 0.0814. The van der Waals surface area contributed by atoms with E-state index in [1.807, 2.05) is 0 Å². The second kappa shape index (κ2) is 50.8. The number of hydrogen-bond acceptors (Lipinski definition) is 6. The van der Waals surface area contributed by atoms with Gasteiger partial charge in [-0.2, -0.15) is 0 Å². The number of unbranched alkanes of at least 4 members (excludes halogenated alkanes) is 26. The molecule has 6 heteroatoms. The van der Waals surface area contributed by atoms with Crippen LogP contribution < -0.4 is 0 Å². The predicted octanol–water partition coefficient (Wildman–Crippen LogP) is 17.3. The number of carbonyl (C=O) groups is 3. The highest BCUT2D eigenvalue weighted by molar-refractivity contribution is 5.71. The van der Waals surface area contributed by atoms with Crippen LogP contribution >= 0.6 is 0 Å². The SMILES string of the molecule is CC/C=C\C/C=C\C/C=C\C/C=C\C/C=C\CCCCCC(=O)OC[C@H](COC(=O)CCCCCCCCCCCCCC)OC(=O)CCCCCCCCCCCCCCC. The molecular formula is C56H98O6. The third-order valence-corrected chi connectivity index (χ3v) is 11.3. The molecule has 0 saturated carbocycles. The molecule has 0 rings (SSSR count). The summed E-state index contributed by atoms with van der Waals surface area (Å²) in [5.41, 5.74) is 0. The molecular weight excluding hydrogens is 769 g/mol. The summed E-state index contributed by atoms with van der Waals surface area (Å²) >= 11 is 0. The summed E-state index contributed by atoms with van der Waals surface area (Å²) in [7, 11) is 0. The minimum atomic E-state index is -0.783. The van der Waals surface area contributed by atoms with Gasteiger partial charge in [-0.05, 0) is 64.2 Å². The zero-order chi connectivity index (χ0) is 45.1. The summed E-state index contributed by atoms with van der Waals surface area (Å²) in [5.74, 6) is -0.908. The van der Waals surface area contributed by atoms with Crippen LogP contribution in [0, 0.1) is 0 Å². The third-order valence-electron chi connectivity index (χ3n) is 11.3. The topological polar surface area (TPSA) is 78.9 Å². The molecule has 0 aromatic carbocycles. The Kier molecular flexibility index (Phi) is 48.4. The molecule has 0 spiro atoms. The number of carbonyl (C=O) groups excluding carboxylic acids is 3. The number of hydrogen-bond donors (Lipinski definition) is 0. The molecule has 0 fully saturated rings. The maximum atomic E-state index is 12.8. The van der Waals surface area contributed by atoms with E-state index in [0.29, 0.717) is 19.3 Å². The van der Waals surface area contributed by atoms with Crippen LogP contribution in [-0.2, 0) is 28.6 Å². The molecule has 358 valence electrons. The molecule has 0 radical (unpaired) electrons. The Hall–Kier alpha value is -2.89. The molecule has 0 N–H and O–H groups in total. The molecule has 0 aromatic rings. The second-order valence-electron chi connectivity index (χ2n) is 17.4. The van der Waals surface area contributed by atoms with Crippen molar-refractivity contribution in [3.8, 4) is 0 Å². The molecule has 0 saturated heterocycles. The van der Waals surface area contributed by atoms with E-state index in [1.165, 1.54) is 122 Å². The van der Waals surface area contributed by atoms with Gasteiger partial charge in [-0.3, -0.25) is 14.4 Å². The highest BCUT2D eigenvalue weighted by atomic mass is 16.6. The van der Waals surface area contributed by atoms with Gasteiger partial charge in [-0.1, -0.05) is 236 Å². The molecule has 6 nitrogen and oxygen atoms in total. The van der Waals surface area contributed by atoms with Crippen molar-refractivity contribution in [1.29, 1.82) is 0 Å². The molecule has 1 atom stereocenters. The Morgan fingerprint density at radius 3 is 0.984 bits per heavy atom. The summed E-state index contributed by atoms with van der Waals surface area (Å²) in [5, 5.41) is 0. The first-order valence-electron chi connectivity index (χ1n) is 26.3. The van der Waals surface area contributed by atoms with Gasteiger partial charge < -0.3 is 14.2 Å². The highest BCUT2D eigenvalue weighted by Crippen LogP contribution is 2.15. The average molecular weight is 867 g/mol. The smallest absolute Gasteiger partial charge is 0.306 e. The van der Waals surface area contributed by atoms with Crippen LogP contribution in [0.1, 0.15) is 258 Å². The summed E-state index contributed by atoms with van der Waals surface area (Å²) < 4.78 is 16.8. The molecule has 0 amide bonds. The van der Waals surface area contributed by atoms with E-state index in [0.717, 1.165) is 96.3 Å². The van der Waals surface area contributed by atoms with Crippen molar-refractivity contribution in [3.63, 3.8) is 0 Å². The first-order valence-corrected chi connectivity index (χ1v) is 26.3. The average Bonchev–Trinajstić information content (AvgIpc) is 3.27. The van der Waals surface area contributed by atoms with Crippen molar-refractivity contribution in [3.05, 3.63) is 60.8 Å². The van der Waals surface area contributed by atoms with E-state index in [9.17, 15) is 14.4 Å². The van der Waals surface area contributed by atoms with Crippen LogP contribution in [0.25, 0.3) is 0 Å². The summed E-state index contributed by atoms with van der Waals surface area (Å²) in [4.78, 5) is 38.0. The van der Waals surface area contributed by atoms with Crippen molar-refractivity contribution in [2.45, 2.75) is 264 Å². The summed E-state index contributed by atoms with van der Waals surface area (Å²) in [6.45, 7) is 6.50. The van der Waals surface area contributed by atoms with E-state index in [4.69, 9.17) is 14.2 Å². The fourth-order valence-corrected chi connectivity index (χ4v) is 7.35. The van der Waals surface area contributed by atoms with Crippen LogP contribution in [0.2, 0.25) is 0 Å². The van der Waals surface area contributed by atoms with Gasteiger partial charge in [-0.25, -0.2) is 0 Å². The molecule has 0 unspecified atom stereocenters. The van der Waals surface area contributed by atoms with E-state index in [1.54, 1.807) is 0 Å². The number of ether oxygens (including phenoxy) is 3. The van der Waals surface area contributed by atoms with Gasteiger partial charge in [0.25, 0.3) is 0 Å². The van der Waals surface area contributed by atoms with Crippen molar-refractivity contribution >= 4 is 17.9 Å². The zero-order valence-corrected chi connectivity index (χ0v) is 40.9.